The van der Waals surface area contributed by atoms with Crippen molar-refractivity contribution < 1.29 is 18.8 Å². The summed E-state index contributed by atoms with van der Waals surface area (Å²) in [4.78, 5) is 16.9. The maximum atomic E-state index is 12.4. The van der Waals surface area contributed by atoms with Crippen molar-refractivity contribution in [3.63, 3.8) is 0 Å². The predicted octanol–water partition coefficient (Wildman–Crippen LogP) is 3.56. The minimum absolute atomic E-state index is 0.0387. The van der Waals surface area contributed by atoms with Crippen LogP contribution in [0.1, 0.15) is 30.3 Å². The number of methoxy groups -OCH3 is 2. The Labute approximate surface area is 169 Å². The van der Waals surface area contributed by atoms with Gasteiger partial charge >= 0.3 is 0 Å². The van der Waals surface area contributed by atoms with Gasteiger partial charge in [-0.15, -0.1) is 0 Å². The fourth-order valence-corrected chi connectivity index (χ4v) is 3.15. The number of aromatic nitrogens is 2. The molecular weight excluding hydrogens is 370 g/mol. The van der Waals surface area contributed by atoms with Crippen molar-refractivity contribution in [2.24, 2.45) is 5.92 Å². The molecule has 0 aliphatic heterocycles. The molecule has 1 fully saturated rings. The van der Waals surface area contributed by atoms with Crippen molar-refractivity contribution in [2.75, 3.05) is 14.2 Å². The number of nitrogens with zero attached hydrogens (tertiary/aromatic N) is 2. The maximum absolute atomic E-state index is 12.4. The molecule has 0 spiro atoms. The summed E-state index contributed by atoms with van der Waals surface area (Å²) in [6, 6.07) is 15.0. The summed E-state index contributed by atoms with van der Waals surface area (Å²) >= 11 is 0. The maximum Gasteiger partial charge on any atom is 0.249 e. The van der Waals surface area contributed by atoms with Crippen LogP contribution in [-0.2, 0) is 11.2 Å². The van der Waals surface area contributed by atoms with Crippen molar-refractivity contribution >= 4 is 5.91 Å². The zero-order valence-electron chi connectivity index (χ0n) is 16.4. The number of hydrogen-bond donors (Lipinski definition) is 1. The van der Waals surface area contributed by atoms with E-state index >= 15 is 0 Å². The smallest absolute Gasteiger partial charge is 0.249 e. The summed E-state index contributed by atoms with van der Waals surface area (Å²) in [6.45, 7) is 0. The topological polar surface area (TPSA) is 86.5 Å². The van der Waals surface area contributed by atoms with E-state index in [-0.39, 0.29) is 17.9 Å². The molecule has 1 amide bonds. The Balaban J connectivity index is 1.60. The van der Waals surface area contributed by atoms with Gasteiger partial charge in [0.2, 0.25) is 17.6 Å². The van der Waals surface area contributed by atoms with Gasteiger partial charge in [-0.25, -0.2) is 0 Å². The average molecular weight is 393 g/mol. The van der Waals surface area contributed by atoms with E-state index in [0.29, 0.717) is 29.6 Å². The Morgan fingerprint density at radius 2 is 1.90 bits per heavy atom. The quantitative estimate of drug-likeness (QED) is 0.630. The van der Waals surface area contributed by atoms with Crippen molar-refractivity contribution in [3.05, 3.63) is 60.0 Å². The molecular formula is C22H23N3O4. The van der Waals surface area contributed by atoms with E-state index in [1.165, 1.54) is 0 Å². The predicted molar refractivity (Wildman–Crippen MR) is 107 cm³/mol. The van der Waals surface area contributed by atoms with Crippen LogP contribution in [0.5, 0.6) is 11.5 Å². The Morgan fingerprint density at radius 3 is 2.59 bits per heavy atom. The summed E-state index contributed by atoms with van der Waals surface area (Å²) < 4.78 is 16.2. The van der Waals surface area contributed by atoms with Crippen LogP contribution in [0.25, 0.3) is 11.4 Å². The molecule has 1 aliphatic carbocycles. The van der Waals surface area contributed by atoms with Crippen molar-refractivity contribution in [1.29, 1.82) is 0 Å². The van der Waals surface area contributed by atoms with Gasteiger partial charge in [-0.1, -0.05) is 35.5 Å². The van der Waals surface area contributed by atoms with Crippen molar-refractivity contribution in [1.82, 2.24) is 15.5 Å². The van der Waals surface area contributed by atoms with Crippen LogP contribution in [0.15, 0.2) is 53.1 Å². The van der Waals surface area contributed by atoms with Crippen LogP contribution in [0.4, 0.5) is 0 Å². The third-order valence-electron chi connectivity index (χ3n) is 4.93. The minimum atomic E-state index is -0.383. The summed E-state index contributed by atoms with van der Waals surface area (Å²) in [5.41, 5.74) is 1.82. The molecule has 0 radical (unpaired) electrons. The number of carbonyl (C=O) groups excluding carboxylic acids is 1. The molecule has 3 aromatic rings. The molecule has 1 aromatic heterocycles. The molecule has 0 bridgehead atoms. The van der Waals surface area contributed by atoms with E-state index in [9.17, 15) is 4.79 Å². The van der Waals surface area contributed by atoms with Gasteiger partial charge in [-0.2, -0.15) is 4.98 Å². The normalized spacial score (nSPS) is 14.3. The van der Waals surface area contributed by atoms with Gasteiger partial charge in [0.15, 0.2) is 11.5 Å². The molecule has 7 heteroatoms. The third-order valence-corrected chi connectivity index (χ3v) is 4.93. The Bertz CT molecular complexity index is 983. The van der Waals surface area contributed by atoms with Crippen molar-refractivity contribution in [3.8, 4) is 22.9 Å². The minimum Gasteiger partial charge on any atom is -0.493 e. The van der Waals surface area contributed by atoms with E-state index in [2.05, 4.69) is 15.5 Å². The second-order valence-electron chi connectivity index (χ2n) is 7.05. The average Bonchev–Trinajstić information content (AvgIpc) is 3.50. The molecule has 7 nitrogen and oxygen atoms in total. The number of amides is 1. The lowest BCUT2D eigenvalue weighted by atomic mass is 10.1. The van der Waals surface area contributed by atoms with E-state index in [4.69, 9.17) is 14.0 Å². The van der Waals surface area contributed by atoms with Gasteiger partial charge in [0.25, 0.3) is 0 Å². The second-order valence-corrected chi connectivity index (χ2v) is 7.05. The highest BCUT2D eigenvalue weighted by molar-refractivity contribution is 5.81. The monoisotopic (exact) mass is 393 g/mol. The number of nitrogens with one attached hydrogen (secondary N) is 1. The van der Waals surface area contributed by atoms with Crippen LogP contribution < -0.4 is 14.8 Å². The fraction of sp³-hybridized carbons (Fsp3) is 0.318. The van der Waals surface area contributed by atoms with Gasteiger partial charge in [-0.05, 0) is 36.6 Å². The lowest BCUT2D eigenvalue weighted by molar-refractivity contribution is -0.123. The van der Waals surface area contributed by atoms with Gasteiger partial charge < -0.3 is 19.3 Å². The summed E-state index contributed by atoms with van der Waals surface area (Å²) in [6.07, 6.45) is 2.45. The molecule has 150 valence electrons. The van der Waals surface area contributed by atoms with Gasteiger partial charge in [0.1, 0.15) is 6.04 Å². The van der Waals surface area contributed by atoms with Crippen molar-refractivity contribution in [2.45, 2.75) is 25.3 Å². The molecule has 2 aromatic carbocycles. The number of hydrogen-bond acceptors (Lipinski definition) is 6. The largest absolute Gasteiger partial charge is 0.493 e. The number of carbonyl (C=O) groups is 1. The Hall–Kier alpha value is -3.35. The molecule has 1 heterocycles. The fourth-order valence-electron chi connectivity index (χ4n) is 3.15. The number of ether oxygens (including phenoxy) is 2. The van der Waals surface area contributed by atoms with E-state index in [0.717, 1.165) is 24.0 Å². The first kappa shape index (κ1) is 19.0. The summed E-state index contributed by atoms with van der Waals surface area (Å²) in [7, 11) is 3.16. The zero-order chi connectivity index (χ0) is 20.2. The number of rotatable bonds is 8. The molecule has 1 N–H and O–H groups in total. The van der Waals surface area contributed by atoms with Crippen LogP contribution in [0.2, 0.25) is 0 Å². The Morgan fingerprint density at radius 1 is 1.14 bits per heavy atom. The molecule has 1 aliphatic rings. The lowest BCUT2D eigenvalue weighted by Crippen LogP contribution is -2.31. The van der Waals surface area contributed by atoms with E-state index in [1.807, 2.05) is 36.4 Å². The van der Waals surface area contributed by atoms with Crippen LogP contribution in [0.3, 0.4) is 0 Å². The highest BCUT2D eigenvalue weighted by atomic mass is 16.5. The first-order valence-electron chi connectivity index (χ1n) is 9.58. The summed E-state index contributed by atoms with van der Waals surface area (Å²) in [5, 5.41) is 7.18. The highest BCUT2D eigenvalue weighted by Crippen LogP contribution is 2.33. The first-order valence-corrected chi connectivity index (χ1v) is 9.58. The zero-order valence-corrected chi connectivity index (χ0v) is 16.4. The standard InChI is InChI=1S/C22H23N3O4/c1-27-18-11-10-16(13-19(18)28-2)20-24-22(29-25-20)17(23-21(26)15-8-9-15)12-14-6-4-3-5-7-14/h3-7,10-11,13,15,17H,8-9,12H2,1-2H3,(H,23,26). The van der Waals surface area contributed by atoms with Crippen LogP contribution in [0, 0.1) is 5.92 Å². The summed E-state index contributed by atoms with van der Waals surface area (Å²) in [5.74, 6) is 2.16. The molecule has 1 atom stereocenters. The molecule has 29 heavy (non-hydrogen) atoms. The van der Waals surface area contributed by atoms with Gasteiger partial charge in [-0.3, -0.25) is 4.79 Å². The van der Waals surface area contributed by atoms with Gasteiger partial charge in [0.05, 0.1) is 14.2 Å². The molecule has 1 saturated carbocycles. The van der Waals surface area contributed by atoms with E-state index in [1.54, 1.807) is 26.4 Å². The molecule has 0 saturated heterocycles. The van der Waals surface area contributed by atoms with Crippen LogP contribution >= 0.6 is 0 Å². The first-order chi connectivity index (χ1) is 14.2. The Kier molecular flexibility index (Phi) is 5.46. The third kappa shape index (κ3) is 4.39. The molecule has 1 unspecified atom stereocenters. The van der Waals surface area contributed by atoms with E-state index < -0.39 is 0 Å². The number of benzene rings is 2. The van der Waals surface area contributed by atoms with Crippen LogP contribution in [-0.4, -0.2) is 30.3 Å². The highest BCUT2D eigenvalue weighted by Gasteiger charge is 2.32. The lowest BCUT2D eigenvalue weighted by Gasteiger charge is -2.15. The SMILES string of the molecule is COc1ccc(-c2noc(C(Cc3ccccc3)NC(=O)C3CC3)n2)cc1OC. The molecule has 4 rings (SSSR count). The second kappa shape index (κ2) is 8.34. The van der Waals surface area contributed by atoms with Gasteiger partial charge in [0, 0.05) is 17.9 Å².